The fraction of sp³-hybridized carbons (Fsp3) is 0.286. The van der Waals surface area contributed by atoms with Crippen LogP contribution in [0.15, 0.2) is 23.7 Å². The Kier molecular flexibility index (Phi) is 8.41. The fourth-order valence-corrected chi connectivity index (χ4v) is 0.268. The van der Waals surface area contributed by atoms with Crippen LogP contribution < -0.4 is 11.5 Å². The van der Waals surface area contributed by atoms with Crippen molar-refractivity contribution in [3.05, 3.63) is 33.8 Å². The summed E-state index contributed by atoms with van der Waals surface area (Å²) in [6.07, 6.45) is 2.04. The monoisotopic (exact) mass is 184 g/mol. The van der Waals surface area contributed by atoms with E-state index >= 15 is 0 Å². The van der Waals surface area contributed by atoms with Gasteiger partial charge in [-0.05, 0) is 13.8 Å². The molecule has 0 aliphatic carbocycles. The number of rotatable bonds is 1. The Bertz CT molecular complexity index is 254. The van der Waals surface area contributed by atoms with E-state index in [1.165, 1.54) is 13.0 Å². The molecule has 0 aliphatic heterocycles. The number of allylic oxidation sites excluding steroid dienone is 3. The third-order valence-electron chi connectivity index (χ3n) is 0.601. The molecule has 0 aromatic rings. The molecule has 0 aliphatic rings. The first-order chi connectivity index (χ1) is 5.90. The van der Waals surface area contributed by atoms with Gasteiger partial charge in [-0.3, -0.25) is 10.1 Å². The summed E-state index contributed by atoms with van der Waals surface area (Å²) >= 11 is 0. The lowest BCUT2D eigenvalue weighted by atomic mass is 10.5. The van der Waals surface area contributed by atoms with E-state index in [9.17, 15) is 10.1 Å². The predicted octanol–water partition coefficient (Wildman–Crippen LogP) is 0.456. The Hall–Kier alpha value is -2.03. The highest BCUT2D eigenvalue weighted by Crippen LogP contribution is 1.77. The van der Waals surface area contributed by atoms with Crippen LogP contribution >= 0.6 is 0 Å². The zero-order chi connectivity index (χ0) is 10.9. The molecule has 6 heteroatoms. The molecule has 13 heavy (non-hydrogen) atoms. The van der Waals surface area contributed by atoms with Crippen molar-refractivity contribution in [3.8, 4) is 6.07 Å². The number of nitrogens with two attached hydrogens (primary N) is 2. The van der Waals surface area contributed by atoms with Crippen LogP contribution in [-0.4, -0.2) is 4.92 Å². The smallest absolute Gasteiger partial charge is 0.252 e. The summed E-state index contributed by atoms with van der Waals surface area (Å²) in [5, 5.41) is 17.3. The molecule has 0 spiro atoms. The molecule has 0 unspecified atom stereocenters. The minimum absolute atomic E-state index is 0.213. The summed E-state index contributed by atoms with van der Waals surface area (Å²) in [6.45, 7) is 3.13. The number of hydrogen-bond donors (Lipinski definition) is 2. The zero-order valence-corrected chi connectivity index (χ0v) is 7.52. The minimum Gasteiger partial charge on any atom is -0.402 e. The van der Waals surface area contributed by atoms with Gasteiger partial charge in [-0.2, -0.15) is 5.26 Å². The lowest BCUT2D eigenvalue weighted by Gasteiger charge is -1.78. The van der Waals surface area contributed by atoms with Crippen LogP contribution in [0.2, 0.25) is 0 Å². The molecular formula is C7H12N4O2. The van der Waals surface area contributed by atoms with Crippen LogP contribution in [0.4, 0.5) is 0 Å². The van der Waals surface area contributed by atoms with E-state index in [-0.39, 0.29) is 5.70 Å². The topological polar surface area (TPSA) is 119 Å². The van der Waals surface area contributed by atoms with Crippen molar-refractivity contribution in [2.45, 2.75) is 13.8 Å². The Morgan fingerprint density at radius 3 is 1.92 bits per heavy atom. The van der Waals surface area contributed by atoms with Crippen molar-refractivity contribution in [3.63, 3.8) is 0 Å². The molecule has 0 bridgehead atoms. The van der Waals surface area contributed by atoms with E-state index in [2.05, 4.69) is 0 Å². The highest BCUT2D eigenvalue weighted by Gasteiger charge is 1.84. The predicted molar refractivity (Wildman–Crippen MR) is 48.5 cm³/mol. The van der Waals surface area contributed by atoms with Crippen LogP contribution in [0.1, 0.15) is 13.8 Å². The molecule has 0 saturated carbocycles. The van der Waals surface area contributed by atoms with Gasteiger partial charge >= 0.3 is 0 Å². The molecule has 0 aromatic carbocycles. The molecule has 0 heterocycles. The molecule has 0 atom stereocenters. The van der Waals surface area contributed by atoms with E-state index in [1.54, 1.807) is 13.0 Å². The molecule has 6 nitrogen and oxygen atoms in total. The van der Waals surface area contributed by atoms with Gasteiger partial charge in [0.05, 0.1) is 16.7 Å². The van der Waals surface area contributed by atoms with Gasteiger partial charge in [-0.1, -0.05) is 0 Å². The molecule has 0 aromatic heterocycles. The molecular weight excluding hydrogens is 172 g/mol. The second-order valence-corrected chi connectivity index (χ2v) is 2.18. The number of nitriles is 1. The maximum Gasteiger partial charge on any atom is 0.252 e. The molecule has 0 fully saturated rings. The first kappa shape index (κ1) is 13.6. The van der Waals surface area contributed by atoms with Gasteiger partial charge in [0, 0.05) is 11.8 Å². The lowest BCUT2D eigenvalue weighted by molar-refractivity contribution is -0.403. The Morgan fingerprint density at radius 1 is 1.46 bits per heavy atom. The Labute approximate surface area is 76.3 Å². The summed E-state index contributed by atoms with van der Waals surface area (Å²) in [5.41, 5.74) is 10.7. The molecule has 0 radical (unpaired) electrons. The van der Waals surface area contributed by atoms with Crippen molar-refractivity contribution in [1.29, 1.82) is 5.26 Å². The minimum atomic E-state index is -0.588. The highest BCUT2D eigenvalue weighted by atomic mass is 16.6. The van der Waals surface area contributed by atoms with Crippen molar-refractivity contribution in [2.24, 2.45) is 11.5 Å². The first-order valence-corrected chi connectivity index (χ1v) is 3.29. The standard InChI is InChI=1S/C4H6N2.C3H6N2O2/c1-4(6)2-3-5;1-3(4)2-5(6)7/h2H,6H2,1H3;2H,4H2,1H3/b4-2+;3-2+. The summed E-state index contributed by atoms with van der Waals surface area (Å²) < 4.78 is 0. The van der Waals surface area contributed by atoms with Crippen LogP contribution in [-0.2, 0) is 0 Å². The van der Waals surface area contributed by atoms with Gasteiger partial charge in [0.1, 0.15) is 0 Å². The van der Waals surface area contributed by atoms with Crippen molar-refractivity contribution < 1.29 is 4.92 Å². The second kappa shape index (κ2) is 8.07. The zero-order valence-electron chi connectivity index (χ0n) is 7.52. The molecule has 4 N–H and O–H groups in total. The quantitative estimate of drug-likeness (QED) is 0.348. The van der Waals surface area contributed by atoms with Gasteiger partial charge in [0.25, 0.3) is 6.20 Å². The summed E-state index contributed by atoms with van der Waals surface area (Å²) in [5.74, 6) is 0. The van der Waals surface area contributed by atoms with Crippen LogP contribution in [0.3, 0.4) is 0 Å². The molecule has 0 saturated heterocycles. The van der Waals surface area contributed by atoms with Crippen molar-refractivity contribution >= 4 is 0 Å². The van der Waals surface area contributed by atoms with Crippen LogP contribution in [0, 0.1) is 21.4 Å². The average Bonchev–Trinajstić information content (AvgIpc) is 1.83. The van der Waals surface area contributed by atoms with Crippen molar-refractivity contribution in [1.82, 2.24) is 0 Å². The average molecular weight is 184 g/mol. The van der Waals surface area contributed by atoms with Gasteiger partial charge in [0.2, 0.25) is 0 Å². The SMILES string of the molecule is C/C(N)=C\C#N.C/C(N)=C\[N+](=O)[O-]. The summed E-state index contributed by atoms with van der Waals surface area (Å²) in [6, 6.07) is 1.78. The molecule has 0 rings (SSSR count). The largest absolute Gasteiger partial charge is 0.402 e. The Morgan fingerprint density at radius 2 is 1.92 bits per heavy atom. The third kappa shape index (κ3) is 25.6. The fourth-order valence-electron chi connectivity index (χ4n) is 0.268. The van der Waals surface area contributed by atoms with Crippen molar-refractivity contribution in [2.75, 3.05) is 0 Å². The number of nitrogens with zero attached hydrogens (tertiary/aromatic N) is 2. The second-order valence-electron chi connectivity index (χ2n) is 2.18. The summed E-state index contributed by atoms with van der Waals surface area (Å²) in [7, 11) is 0. The van der Waals surface area contributed by atoms with Crippen LogP contribution in [0.5, 0.6) is 0 Å². The third-order valence-corrected chi connectivity index (χ3v) is 0.601. The van der Waals surface area contributed by atoms with Gasteiger partial charge < -0.3 is 11.5 Å². The van der Waals surface area contributed by atoms with Gasteiger partial charge in [0.15, 0.2) is 0 Å². The highest BCUT2D eigenvalue weighted by molar-refractivity contribution is 5.07. The van der Waals surface area contributed by atoms with E-state index in [1.807, 2.05) is 0 Å². The number of nitro groups is 1. The van der Waals surface area contributed by atoms with E-state index in [4.69, 9.17) is 16.7 Å². The molecule has 0 amide bonds. The molecule has 72 valence electrons. The Balaban J connectivity index is 0. The summed E-state index contributed by atoms with van der Waals surface area (Å²) in [4.78, 5) is 8.87. The number of hydrogen-bond acceptors (Lipinski definition) is 5. The van der Waals surface area contributed by atoms with E-state index in [0.717, 1.165) is 6.20 Å². The van der Waals surface area contributed by atoms with Crippen LogP contribution in [0.25, 0.3) is 0 Å². The lowest BCUT2D eigenvalue weighted by Crippen LogP contribution is -1.94. The van der Waals surface area contributed by atoms with E-state index < -0.39 is 4.92 Å². The normalized spacial score (nSPS) is 10.8. The maximum atomic E-state index is 9.46. The maximum absolute atomic E-state index is 9.46. The van der Waals surface area contributed by atoms with Gasteiger partial charge in [-0.15, -0.1) is 0 Å². The van der Waals surface area contributed by atoms with E-state index in [0.29, 0.717) is 5.70 Å². The first-order valence-electron chi connectivity index (χ1n) is 3.29. The van der Waals surface area contributed by atoms with Gasteiger partial charge in [-0.25, -0.2) is 0 Å².